The van der Waals surface area contributed by atoms with Crippen LogP contribution in [0.3, 0.4) is 0 Å². The molecular formula is C22H14Cl2O7. The van der Waals surface area contributed by atoms with Gasteiger partial charge in [-0.3, -0.25) is 0 Å². The van der Waals surface area contributed by atoms with Gasteiger partial charge in [-0.25, -0.2) is 4.79 Å². The molecule has 2 aliphatic heterocycles. The third kappa shape index (κ3) is 2.44. The maximum atomic E-state index is 13.1. The number of ether oxygens (including phenoxy) is 4. The van der Waals surface area contributed by atoms with E-state index in [1.54, 1.807) is 12.1 Å². The van der Waals surface area contributed by atoms with Crippen molar-refractivity contribution in [2.45, 2.75) is 5.60 Å². The van der Waals surface area contributed by atoms with Crippen molar-refractivity contribution in [2.75, 3.05) is 14.2 Å². The van der Waals surface area contributed by atoms with E-state index in [0.717, 1.165) is 0 Å². The van der Waals surface area contributed by atoms with Crippen LogP contribution >= 0.6 is 23.2 Å². The van der Waals surface area contributed by atoms with E-state index in [1.807, 2.05) is 0 Å². The van der Waals surface area contributed by atoms with Crippen LogP contribution in [0.2, 0.25) is 10.0 Å². The van der Waals surface area contributed by atoms with Crippen LogP contribution in [-0.2, 0) is 10.3 Å². The second-order valence-electron chi connectivity index (χ2n) is 6.98. The number of esters is 1. The fourth-order valence-electron chi connectivity index (χ4n) is 4.21. The number of fused-ring (bicyclic) bond motifs is 6. The summed E-state index contributed by atoms with van der Waals surface area (Å²) in [6.07, 6.45) is 0. The maximum Gasteiger partial charge on any atom is 0.341 e. The quantitative estimate of drug-likeness (QED) is 0.520. The third-order valence-corrected chi connectivity index (χ3v) is 6.25. The number of phenols is 2. The van der Waals surface area contributed by atoms with Crippen molar-refractivity contribution >= 4 is 29.2 Å². The number of halogens is 2. The van der Waals surface area contributed by atoms with Gasteiger partial charge in [0.1, 0.15) is 28.0 Å². The van der Waals surface area contributed by atoms with Crippen LogP contribution in [0, 0.1) is 0 Å². The Morgan fingerprint density at radius 2 is 1.42 bits per heavy atom. The molecule has 7 nitrogen and oxygen atoms in total. The minimum atomic E-state index is -1.55. The first-order valence-corrected chi connectivity index (χ1v) is 9.80. The molecule has 9 heteroatoms. The Balaban J connectivity index is 1.99. The maximum absolute atomic E-state index is 13.1. The van der Waals surface area contributed by atoms with Crippen LogP contribution in [0.5, 0.6) is 34.5 Å². The lowest BCUT2D eigenvalue weighted by Gasteiger charge is -2.37. The van der Waals surface area contributed by atoms with Crippen LogP contribution in [0.25, 0.3) is 0 Å². The van der Waals surface area contributed by atoms with Crippen molar-refractivity contribution in [2.24, 2.45) is 0 Å². The van der Waals surface area contributed by atoms with Gasteiger partial charge in [0.2, 0.25) is 0 Å². The molecule has 3 aromatic rings. The van der Waals surface area contributed by atoms with E-state index in [0.29, 0.717) is 11.1 Å². The van der Waals surface area contributed by atoms with Gasteiger partial charge < -0.3 is 29.2 Å². The van der Waals surface area contributed by atoms with Crippen molar-refractivity contribution in [3.8, 4) is 34.5 Å². The van der Waals surface area contributed by atoms with Gasteiger partial charge in [0.15, 0.2) is 17.1 Å². The summed E-state index contributed by atoms with van der Waals surface area (Å²) in [7, 11) is 2.81. The lowest BCUT2D eigenvalue weighted by Crippen LogP contribution is -2.33. The molecule has 0 atom stereocenters. The number of phenolic OH excluding ortho intramolecular Hbond substituents is 2. The van der Waals surface area contributed by atoms with E-state index >= 15 is 0 Å². The van der Waals surface area contributed by atoms with Gasteiger partial charge in [-0.2, -0.15) is 0 Å². The SMILES string of the molecule is COc1c(Cl)c(Cl)c2c(c1OC)C1(OC2=O)c2ccc(O)cc2Oc2cc(O)ccc21. The van der Waals surface area contributed by atoms with Crippen molar-refractivity contribution in [3.05, 3.63) is 68.7 Å². The topological polar surface area (TPSA) is 94.5 Å². The zero-order valence-corrected chi connectivity index (χ0v) is 17.7. The van der Waals surface area contributed by atoms with Gasteiger partial charge in [-0.05, 0) is 24.3 Å². The van der Waals surface area contributed by atoms with Crippen molar-refractivity contribution in [3.63, 3.8) is 0 Å². The highest BCUT2D eigenvalue weighted by Crippen LogP contribution is 2.62. The number of hydrogen-bond acceptors (Lipinski definition) is 7. The van der Waals surface area contributed by atoms with Crippen LogP contribution in [0.1, 0.15) is 27.0 Å². The molecule has 0 saturated carbocycles. The normalized spacial score (nSPS) is 14.9. The number of hydrogen-bond donors (Lipinski definition) is 2. The van der Waals surface area contributed by atoms with Crippen LogP contribution in [0.15, 0.2) is 36.4 Å². The van der Waals surface area contributed by atoms with Crippen LogP contribution < -0.4 is 14.2 Å². The summed E-state index contributed by atoms with van der Waals surface area (Å²) in [6.45, 7) is 0. The second kappa shape index (κ2) is 6.60. The average molecular weight is 461 g/mol. The fraction of sp³-hybridized carbons (Fsp3) is 0.136. The van der Waals surface area contributed by atoms with Gasteiger partial charge >= 0.3 is 5.97 Å². The number of aromatic hydroxyl groups is 2. The monoisotopic (exact) mass is 460 g/mol. The molecule has 0 aliphatic carbocycles. The summed E-state index contributed by atoms with van der Waals surface area (Å²) in [5, 5.41) is 20.0. The summed E-state index contributed by atoms with van der Waals surface area (Å²) in [5.74, 6) is -0.0728. The molecule has 2 N–H and O–H groups in total. The Labute approximate surface area is 186 Å². The number of methoxy groups -OCH3 is 2. The van der Waals surface area contributed by atoms with E-state index in [-0.39, 0.29) is 55.7 Å². The summed E-state index contributed by atoms with van der Waals surface area (Å²) in [4.78, 5) is 13.1. The standard InChI is InChI=1S/C22H14Cl2O7/c1-28-19-16-15(17(23)18(24)20(19)29-2)21(27)31-22(16)11-5-3-9(25)7-13(11)30-14-8-10(26)4-6-12(14)22/h3-8,25-26H,1-2H3. The van der Waals surface area contributed by atoms with Crippen LogP contribution in [0.4, 0.5) is 0 Å². The molecule has 5 rings (SSSR count). The number of carbonyl (C=O) groups is 1. The molecule has 2 heterocycles. The van der Waals surface area contributed by atoms with E-state index in [1.165, 1.54) is 38.5 Å². The van der Waals surface area contributed by atoms with Crippen molar-refractivity contribution in [1.29, 1.82) is 0 Å². The van der Waals surface area contributed by atoms with E-state index in [4.69, 9.17) is 42.1 Å². The predicted octanol–water partition coefficient (Wildman–Crippen LogP) is 4.99. The zero-order valence-electron chi connectivity index (χ0n) is 16.2. The van der Waals surface area contributed by atoms with Crippen LogP contribution in [-0.4, -0.2) is 30.4 Å². The molecule has 0 unspecified atom stereocenters. The molecule has 0 radical (unpaired) electrons. The third-order valence-electron chi connectivity index (χ3n) is 5.41. The lowest BCUT2D eigenvalue weighted by molar-refractivity contribution is 0.0219. The number of benzene rings is 3. The molecule has 158 valence electrons. The molecule has 0 aromatic heterocycles. The molecule has 0 saturated heterocycles. The van der Waals surface area contributed by atoms with Gasteiger partial charge in [0.05, 0.1) is 30.4 Å². The van der Waals surface area contributed by atoms with Gasteiger partial charge in [-0.1, -0.05) is 23.2 Å². The summed E-state index contributed by atoms with van der Waals surface area (Å²) in [5.41, 5.74) is -0.384. The Hall–Kier alpha value is -3.29. The smallest absolute Gasteiger partial charge is 0.341 e. The Morgan fingerprint density at radius 1 is 0.871 bits per heavy atom. The van der Waals surface area contributed by atoms with Gasteiger partial charge in [0, 0.05) is 23.3 Å². The highest BCUT2D eigenvalue weighted by Gasteiger charge is 2.57. The Bertz CT molecular complexity index is 1230. The van der Waals surface area contributed by atoms with Crippen molar-refractivity contribution < 1.29 is 34.0 Å². The number of rotatable bonds is 2. The highest BCUT2D eigenvalue weighted by molar-refractivity contribution is 6.45. The summed E-state index contributed by atoms with van der Waals surface area (Å²) >= 11 is 12.8. The predicted molar refractivity (Wildman–Crippen MR) is 111 cm³/mol. The first-order valence-electron chi connectivity index (χ1n) is 9.05. The molecule has 3 aromatic carbocycles. The molecule has 0 bridgehead atoms. The average Bonchev–Trinajstić information content (AvgIpc) is 3.03. The Kier molecular flexibility index (Phi) is 4.19. The molecule has 0 fully saturated rings. The molecule has 31 heavy (non-hydrogen) atoms. The first-order chi connectivity index (χ1) is 14.8. The lowest BCUT2D eigenvalue weighted by atomic mass is 9.77. The Morgan fingerprint density at radius 3 is 1.94 bits per heavy atom. The van der Waals surface area contributed by atoms with Gasteiger partial charge in [0.25, 0.3) is 0 Å². The zero-order chi connectivity index (χ0) is 22.1. The van der Waals surface area contributed by atoms with Gasteiger partial charge in [-0.15, -0.1) is 0 Å². The molecule has 0 amide bonds. The largest absolute Gasteiger partial charge is 0.508 e. The second-order valence-corrected chi connectivity index (χ2v) is 7.73. The molecular weight excluding hydrogens is 447 g/mol. The number of carbonyl (C=O) groups excluding carboxylic acids is 1. The summed E-state index contributed by atoms with van der Waals surface area (Å²) < 4.78 is 23.0. The molecule has 2 aliphatic rings. The fourth-order valence-corrected chi connectivity index (χ4v) is 4.72. The molecule has 1 spiro atoms. The minimum Gasteiger partial charge on any atom is -0.508 e. The van der Waals surface area contributed by atoms with E-state index in [2.05, 4.69) is 0 Å². The van der Waals surface area contributed by atoms with E-state index in [9.17, 15) is 15.0 Å². The minimum absolute atomic E-state index is 0.0117. The highest BCUT2D eigenvalue weighted by atomic mass is 35.5. The first kappa shape index (κ1) is 19.7. The van der Waals surface area contributed by atoms with E-state index < -0.39 is 11.6 Å². The van der Waals surface area contributed by atoms with Crippen molar-refractivity contribution in [1.82, 2.24) is 0 Å². The summed E-state index contributed by atoms with van der Waals surface area (Å²) in [6, 6.07) is 8.83.